The van der Waals surface area contributed by atoms with Crippen molar-refractivity contribution in [3.63, 3.8) is 0 Å². The van der Waals surface area contributed by atoms with Gasteiger partial charge in [-0.3, -0.25) is 0 Å². The lowest BCUT2D eigenvalue weighted by atomic mass is 10.3. The molecule has 0 aliphatic rings. The van der Waals surface area contributed by atoms with E-state index in [0.717, 1.165) is 12.0 Å². The maximum absolute atomic E-state index is 3.69. The van der Waals surface area contributed by atoms with Crippen molar-refractivity contribution in [3.05, 3.63) is 18.6 Å². The number of rotatable bonds is 1. The van der Waals surface area contributed by atoms with Crippen LogP contribution in [0.4, 0.5) is 0 Å². The third-order valence-corrected chi connectivity index (χ3v) is 0.553. The Morgan fingerprint density at radius 1 is 1.83 bits per heavy atom. The van der Waals surface area contributed by atoms with Crippen molar-refractivity contribution < 1.29 is 0 Å². The van der Waals surface area contributed by atoms with Crippen LogP contribution >= 0.6 is 0 Å². The minimum atomic E-state index is 1.11. The lowest BCUT2D eigenvalue weighted by Crippen LogP contribution is -1.59. The molecule has 0 bridgehead atoms. The van der Waals surface area contributed by atoms with Gasteiger partial charge in [-0.25, -0.2) is 0 Å². The van der Waals surface area contributed by atoms with Gasteiger partial charge in [0.05, 0.1) is 0 Å². The predicted molar refractivity (Wildman–Crippen MR) is 29.4 cm³/mol. The average Bonchev–Trinajstić information content (AvgIpc) is 1.35. The molecule has 0 unspecified atom stereocenters. The van der Waals surface area contributed by atoms with Crippen LogP contribution in [-0.2, 0) is 0 Å². The third-order valence-electron chi connectivity index (χ3n) is 0.553. The molecule has 0 heterocycles. The van der Waals surface area contributed by atoms with Gasteiger partial charge >= 0.3 is 0 Å². The van der Waals surface area contributed by atoms with Crippen molar-refractivity contribution in [1.29, 1.82) is 0 Å². The van der Waals surface area contributed by atoms with Crippen LogP contribution in [0.2, 0.25) is 0 Å². The summed E-state index contributed by atoms with van der Waals surface area (Å²) < 4.78 is 0. The molecule has 0 aromatic carbocycles. The molecule has 0 saturated carbocycles. The molecule has 0 aliphatic carbocycles. The van der Waals surface area contributed by atoms with E-state index in [2.05, 4.69) is 19.9 Å². The molecule has 0 nitrogen and oxygen atoms in total. The number of allylic oxidation sites excluding steroid dienone is 2. The first-order valence-corrected chi connectivity index (χ1v) is 2.26. The molecule has 0 atom stereocenters. The van der Waals surface area contributed by atoms with Gasteiger partial charge in [0, 0.05) is 0 Å². The van der Waals surface area contributed by atoms with Gasteiger partial charge in [-0.05, 0) is 20.3 Å². The highest BCUT2D eigenvalue weighted by Gasteiger charge is 1.67. The third kappa shape index (κ3) is 3.74. The zero-order valence-electron chi connectivity index (χ0n) is 4.49. The number of hydrogen-bond acceptors (Lipinski definition) is 0. The second kappa shape index (κ2) is 2.95. The minimum Gasteiger partial charge on any atom is -0.0859 e. The summed E-state index contributed by atoms with van der Waals surface area (Å²) >= 11 is 0. The van der Waals surface area contributed by atoms with Gasteiger partial charge < -0.3 is 0 Å². The van der Waals surface area contributed by atoms with Crippen LogP contribution in [0.25, 0.3) is 0 Å². The van der Waals surface area contributed by atoms with E-state index in [0.29, 0.717) is 0 Å². The van der Waals surface area contributed by atoms with Crippen molar-refractivity contribution in [2.24, 2.45) is 0 Å². The maximum atomic E-state index is 3.69. The Morgan fingerprint density at radius 2 is 2.33 bits per heavy atom. The van der Waals surface area contributed by atoms with E-state index in [9.17, 15) is 0 Å². The molecule has 0 saturated heterocycles. The summed E-state index contributed by atoms with van der Waals surface area (Å²) in [4.78, 5) is 0. The smallest absolute Gasteiger partial charge is 0.0286 e. The standard InChI is InChI=1S/C6H11/c1-4-5-6(2)3/h5H,2,4H2,1,3H3/b6-5+. The summed E-state index contributed by atoms with van der Waals surface area (Å²) in [6.07, 6.45) is 3.20. The van der Waals surface area contributed by atoms with Crippen LogP contribution in [0.5, 0.6) is 0 Å². The molecule has 35 valence electrons. The van der Waals surface area contributed by atoms with Crippen molar-refractivity contribution in [1.82, 2.24) is 0 Å². The van der Waals surface area contributed by atoms with Gasteiger partial charge in [-0.2, -0.15) is 0 Å². The molecule has 0 heteroatoms. The highest BCUT2D eigenvalue weighted by molar-refractivity contribution is 4.99. The zero-order valence-corrected chi connectivity index (χ0v) is 4.49. The van der Waals surface area contributed by atoms with E-state index in [1.807, 2.05) is 6.92 Å². The lowest BCUT2D eigenvalue weighted by molar-refractivity contribution is 1.20. The Hall–Kier alpha value is -0.260. The van der Waals surface area contributed by atoms with E-state index < -0.39 is 0 Å². The first-order valence-electron chi connectivity index (χ1n) is 2.26. The molecule has 0 aliphatic heterocycles. The van der Waals surface area contributed by atoms with Crippen LogP contribution in [0.3, 0.4) is 0 Å². The summed E-state index contributed by atoms with van der Waals surface area (Å²) in [6, 6.07) is 0. The van der Waals surface area contributed by atoms with Crippen LogP contribution < -0.4 is 0 Å². The van der Waals surface area contributed by atoms with E-state index in [1.165, 1.54) is 0 Å². The lowest BCUT2D eigenvalue weighted by Gasteiger charge is -1.79. The molecule has 0 aromatic heterocycles. The quantitative estimate of drug-likeness (QED) is 0.455. The normalized spacial score (nSPS) is 12.2. The Kier molecular flexibility index (Phi) is 2.82. The largest absolute Gasteiger partial charge is 0.0859 e. The van der Waals surface area contributed by atoms with Crippen molar-refractivity contribution >= 4 is 0 Å². The summed E-state index contributed by atoms with van der Waals surface area (Å²) in [5, 5.41) is 0. The summed E-state index contributed by atoms with van der Waals surface area (Å²) in [7, 11) is 0. The second-order valence-corrected chi connectivity index (χ2v) is 1.46. The highest BCUT2D eigenvalue weighted by atomic mass is 13.7. The van der Waals surface area contributed by atoms with E-state index in [1.54, 1.807) is 0 Å². The molecular formula is C6H11. The number of hydrogen-bond donors (Lipinski definition) is 0. The molecule has 6 heavy (non-hydrogen) atoms. The first-order chi connectivity index (χ1) is 2.77. The van der Waals surface area contributed by atoms with Gasteiger partial charge in [0.15, 0.2) is 0 Å². The zero-order chi connectivity index (χ0) is 4.99. The van der Waals surface area contributed by atoms with E-state index in [4.69, 9.17) is 0 Å². The molecule has 0 fully saturated rings. The van der Waals surface area contributed by atoms with Crippen molar-refractivity contribution in [2.75, 3.05) is 0 Å². The van der Waals surface area contributed by atoms with E-state index in [-0.39, 0.29) is 0 Å². The van der Waals surface area contributed by atoms with Gasteiger partial charge in [0.25, 0.3) is 0 Å². The molecule has 0 spiro atoms. The van der Waals surface area contributed by atoms with Gasteiger partial charge in [-0.15, -0.1) is 0 Å². The Bertz CT molecular complexity index is 47.1. The van der Waals surface area contributed by atoms with Crippen molar-refractivity contribution in [2.45, 2.75) is 20.3 Å². The summed E-state index contributed by atoms with van der Waals surface area (Å²) in [5.74, 6) is 0. The predicted octanol–water partition coefficient (Wildman–Crippen LogP) is 2.18. The summed E-state index contributed by atoms with van der Waals surface area (Å²) in [5.41, 5.74) is 1.16. The molecular weight excluding hydrogens is 72.1 g/mol. The fraction of sp³-hybridized carbons (Fsp3) is 0.500. The second-order valence-electron chi connectivity index (χ2n) is 1.46. The molecule has 0 rings (SSSR count). The SMILES string of the molecule is [CH2]/C(C)=C\CC. The van der Waals surface area contributed by atoms with Crippen LogP contribution in [0, 0.1) is 6.92 Å². The van der Waals surface area contributed by atoms with Gasteiger partial charge in [0.1, 0.15) is 0 Å². The monoisotopic (exact) mass is 83.1 g/mol. The molecule has 0 aromatic rings. The topological polar surface area (TPSA) is 0 Å². The van der Waals surface area contributed by atoms with Crippen LogP contribution in [0.1, 0.15) is 20.3 Å². The molecule has 0 N–H and O–H groups in total. The Labute approximate surface area is 39.9 Å². The van der Waals surface area contributed by atoms with Gasteiger partial charge in [-0.1, -0.05) is 18.6 Å². The Morgan fingerprint density at radius 3 is 2.33 bits per heavy atom. The molecule has 0 amide bonds. The Balaban J connectivity index is 3.14. The van der Waals surface area contributed by atoms with Gasteiger partial charge in [0.2, 0.25) is 0 Å². The fourth-order valence-electron chi connectivity index (χ4n) is 0.348. The fourth-order valence-corrected chi connectivity index (χ4v) is 0.348. The molecule has 1 radical (unpaired) electrons. The first kappa shape index (κ1) is 5.74. The van der Waals surface area contributed by atoms with Crippen LogP contribution in [0.15, 0.2) is 11.6 Å². The summed E-state index contributed by atoms with van der Waals surface area (Å²) in [6.45, 7) is 7.80. The highest BCUT2D eigenvalue weighted by Crippen LogP contribution is 1.88. The maximum Gasteiger partial charge on any atom is -0.0286 e. The minimum absolute atomic E-state index is 1.11. The van der Waals surface area contributed by atoms with E-state index >= 15 is 0 Å². The average molecular weight is 83.2 g/mol. The van der Waals surface area contributed by atoms with Crippen LogP contribution in [-0.4, -0.2) is 0 Å². The van der Waals surface area contributed by atoms with Crippen molar-refractivity contribution in [3.8, 4) is 0 Å².